The van der Waals surface area contributed by atoms with Gasteiger partial charge in [-0.25, -0.2) is 4.79 Å². The molecule has 98 valence electrons. The van der Waals surface area contributed by atoms with Gasteiger partial charge in [0.2, 0.25) is 5.91 Å². The van der Waals surface area contributed by atoms with Crippen molar-refractivity contribution < 1.29 is 24.6 Å². The lowest BCUT2D eigenvalue weighted by molar-refractivity contribution is -0.148. The third-order valence-corrected chi connectivity index (χ3v) is 2.71. The predicted molar refractivity (Wildman–Crippen MR) is 59.3 cm³/mol. The molecule has 0 saturated heterocycles. The van der Waals surface area contributed by atoms with Gasteiger partial charge < -0.3 is 21.3 Å². The van der Waals surface area contributed by atoms with Gasteiger partial charge in [0.15, 0.2) is 0 Å². The second-order valence-corrected chi connectivity index (χ2v) is 3.79. The van der Waals surface area contributed by atoms with Gasteiger partial charge in [-0.15, -0.1) is 0 Å². The van der Waals surface area contributed by atoms with Gasteiger partial charge in [-0.2, -0.15) is 0 Å². The Hall–Kier alpha value is -1.63. The van der Waals surface area contributed by atoms with Gasteiger partial charge in [-0.3, -0.25) is 9.59 Å². The van der Waals surface area contributed by atoms with Crippen LogP contribution in [0.3, 0.4) is 0 Å². The number of carbonyl (C=O) groups is 3. The van der Waals surface area contributed by atoms with E-state index in [1.807, 2.05) is 0 Å². The SMILES string of the molecule is CCC(CC)(NC(=O)[C@@H](N)CC(=O)O)C(=O)O. The molecule has 1 atom stereocenters. The Kier molecular flexibility index (Phi) is 5.60. The van der Waals surface area contributed by atoms with E-state index in [9.17, 15) is 14.4 Å². The first-order valence-electron chi connectivity index (χ1n) is 5.31. The number of carboxylic acid groups (broad SMARTS) is 2. The number of amides is 1. The number of carboxylic acids is 2. The zero-order valence-corrected chi connectivity index (χ0v) is 9.90. The standard InChI is InChI=1S/C10H18N2O5/c1-3-10(4-2,9(16)17)12-8(15)6(11)5-7(13)14/h6H,3-5,11H2,1-2H3,(H,12,15)(H,13,14)(H,16,17)/t6-/m0/s1. The van der Waals surface area contributed by atoms with Crippen molar-refractivity contribution in [3.8, 4) is 0 Å². The van der Waals surface area contributed by atoms with E-state index in [0.29, 0.717) is 0 Å². The molecule has 0 aromatic carbocycles. The zero-order chi connectivity index (χ0) is 13.6. The highest BCUT2D eigenvalue weighted by Gasteiger charge is 2.37. The highest BCUT2D eigenvalue weighted by Crippen LogP contribution is 2.15. The first-order chi connectivity index (χ1) is 7.79. The van der Waals surface area contributed by atoms with E-state index in [1.54, 1.807) is 13.8 Å². The molecule has 0 aliphatic rings. The largest absolute Gasteiger partial charge is 0.481 e. The van der Waals surface area contributed by atoms with Crippen molar-refractivity contribution in [2.45, 2.75) is 44.7 Å². The monoisotopic (exact) mass is 246 g/mol. The number of nitrogens with one attached hydrogen (secondary N) is 1. The smallest absolute Gasteiger partial charge is 0.329 e. The summed E-state index contributed by atoms with van der Waals surface area (Å²) in [7, 11) is 0. The van der Waals surface area contributed by atoms with E-state index in [4.69, 9.17) is 15.9 Å². The maximum absolute atomic E-state index is 11.6. The molecule has 0 aromatic heterocycles. The van der Waals surface area contributed by atoms with Gasteiger partial charge in [0.1, 0.15) is 5.54 Å². The lowest BCUT2D eigenvalue weighted by atomic mass is 9.92. The molecule has 0 unspecified atom stereocenters. The molecule has 0 fully saturated rings. The van der Waals surface area contributed by atoms with Crippen LogP contribution in [0, 0.1) is 0 Å². The van der Waals surface area contributed by atoms with Crippen LogP contribution in [0.1, 0.15) is 33.1 Å². The Morgan fingerprint density at radius 2 is 1.71 bits per heavy atom. The number of hydrogen-bond donors (Lipinski definition) is 4. The fraction of sp³-hybridized carbons (Fsp3) is 0.700. The summed E-state index contributed by atoms with van der Waals surface area (Å²) >= 11 is 0. The Labute approximate surface area is 99.0 Å². The van der Waals surface area contributed by atoms with Gasteiger partial charge in [0.25, 0.3) is 0 Å². The van der Waals surface area contributed by atoms with Crippen molar-refractivity contribution in [3.05, 3.63) is 0 Å². The minimum Gasteiger partial charge on any atom is -0.481 e. The molecule has 7 heteroatoms. The molecule has 5 N–H and O–H groups in total. The van der Waals surface area contributed by atoms with E-state index in [2.05, 4.69) is 5.32 Å². The summed E-state index contributed by atoms with van der Waals surface area (Å²) in [6.07, 6.45) is -0.135. The van der Waals surface area contributed by atoms with Crippen molar-refractivity contribution in [2.75, 3.05) is 0 Å². The summed E-state index contributed by atoms with van der Waals surface area (Å²) in [5.41, 5.74) is 3.97. The topological polar surface area (TPSA) is 130 Å². The van der Waals surface area contributed by atoms with Gasteiger partial charge in [-0.1, -0.05) is 13.8 Å². The van der Waals surface area contributed by atoms with Crippen molar-refractivity contribution in [1.82, 2.24) is 5.32 Å². The molecular weight excluding hydrogens is 228 g/mol. The Morgan fingerprint density at radius 1 is 1.24 bits per heavy atom. The van der Waals surface area contributed by atoms with E-state index < -0.39 is 35.8 Å². The second-order valence-electron chi connectivity index (χ2n) is 3.79. The maximum atomic E-state index is 11.6. The quantitative estimate of drug-likeness (QED) is 0.481. The average molecular weight is 246 g/mol. The van der Waals surface area contributed by atoms with Crippen molar-refractivity contribution in [2.24, 2.45) is 5.73 Å². The molecule has 0 bridgehead atoms. The summed E-state index contributed by atoms with van der Waals surface area (Å²) in [5.74, 6) is -3.13. The van der Waals surface area contributed by atoms with Crippen LogP contribution in [0.15, 0.2) is 0 Å². The third-order valence-electron chi connectivity index (χ3n) is 2.71. The molecule has 0 radical (unpaired) electrons. The minimum atomic E-state index is -1.38. The van der Waals surface area contributed by atoms with Crippen LogP contribution in [0.4, 0.5) is 0 Å². The van der Waals surface area contributed by atoms with Crippen molar-refractivity contribution in [1.29, 1.82) is 0 Å². The summed E-state index contributed by atoms with van der Waals surface area (Å²) in [6.45, 7) is 3.25. The van der Waals surface area contributed by atoms with Gasteiger partial charge >= 0.3 is 11.9 Å². The van der Waals surface area contributed by atoms with E-state index in [0.717, 1.165) is 0 Å². The van der Waals surface area contributed by atoms with Crippen LogP contribution in [0.5, 0.6) is 0 Å². The molecule has 7 nitrogen and oxygen atoms in total. The van der Waals surface area contributed by atoms with Crippen LogP contribution < -0.4 is 11.1 Å². The second kappa shape index (κ2) is 6.19. The lowest BCUT2D eigenvalue weighted by Crippen LogP contribution is -2.57. The highest BCUT2D eigenvalue weighted by molar-refractivity contribution is 5.91. The summed E-state index contributed by atoms with van der Waals surface area (Å²) in [5, 5.41) is 19.9. The van der Waals surface area contributed by atoms with E-state index in [1.165, 1.54) is 0 Å². The average Bonchev–Trinajstić information content (AvgIpc) is 2.24. The summed E-state index contributed by atoms with van der Waals surface area (Å²) < 4.78 is 0. The van der Waals surface area contributed by atoms with Crippen LogP contribution in [0.25, 0.3) is 0 Å². The molecule has 0 saturated carbocycles. The van der Waals surface area contributed by atoms with E-state index >= 15 is 0 Å². The fourth-order valence-corrected chi connectivity index (χ4v) is 1.39. The molecule has 0 rings (SSSR count). The zero-order valence-electron chi connectivity index (χ0n) is 9.90. The molecule has 0 aliphatic carbocycles. The van der Waals surface area contributed by atoms with Gasteiger partial charge in [-0.05, 0) is 12.8 Å². The van der Waals surface area contributed by atoms with Gasteiger partial charge in [0.05, 0.1) is 12.5 Å². The molecule has 17 heavy (non-hydrogen) atoms. The van der Waals surface area contributed by atoms with Crippen LogP contribution in [0.2, 0.25) is 0 Å². The van der Waals surface area contributed by atoms with Crippen molar-refractivity contribution >= 4 is 17.8 Å². The number of carbonyl (C=O) groups excluding carboxylic acids is 1. The Morgan fingerprint density at radius 3 is 2.00 bits per heavy atom. The molecule has 0 spiro atoms. The molecule has 0 aliphatic heterocycles. The van der Waals surface area contributed by atoms with Gasteiger partial charge in [0, 0.05) is 0 Å². The van der Waals surface area contributed by atoms with E-state index in [-0.39, 0.29) is 12.8 Å². The number of nitrogens with two attached hydrogens (primary N) is 1. The maximum Gasteiger partial charge on any atom is 0.329 e. The molecule has 1 amide bonds. The first-order valence-corrected chi connectivity index (χ1v) is 5.31. The Bertz CT molecular complexity index is 312. The fourth-order valence-electron chi connectivity index (χ4n) is 1.39. The number of aliphatic carboxylic acids is 2. The van der Waals surface area contributed by atoms with Crippen LogP contribution >= 0.6 is 0 Å². The lowest BCUT2D eigenvalue weighted by Gasteiger charge is -2.29. The third kappa shape index (κ3) is 4.03. The molecule has 0 heterocycles. The number of rotatable bonds is 7. The highest BCUT2D eigenvalue weighted by atomic mass is 16.4. The number of hydrogen-bond acceptors (Lipinski definition) is 4. The normalized spacial score (nSPS) is 12.9. The Balaban J connectivity index is 4.72. The van der Waals surface area contributed by atoms with Crippen molar-refractivity contribution in [3.63, 3.8) is 0 Å². The molecular formula is C10H18N2O5. The minimum absolute atomic E-state index is 0.199. The van der Waals surface area contributed by atoms with Crippen LogP contribution in [-0.2, 0) is 14.4 Å². The molecule has 0 aromatic rings. The predicted octanol–water partition coefficient (Wildman–Crippen LogP) is -0.452. The first kappa shape index (κ1) is 15.4. The van der Waals surface area contributed by atoms with Crippen LogP contribution in [-0.4, -0.2) is 39.6 Å². The summed E-state index contributed by atoms with van der Waals surface area (Å²) in [4.78, 5) is 33.0. The summed E-state index contributed by atoms with van der Waals surface area (Å²) in [6, 6.07) is -1.25.